The number of halogens is 1. The van der Waals surface area contributed by atoms with E-state index in [1.165, 1.54) is 0 Å². The summed E-state index contributed by atoms with van der Waals surface area (Å²) in [5.74, 6) is 2.15. The van der Waals surface area contributed by atoms with E-state index in [0.29, 0.717) is 24.7 Å². The van der Waals surface area contributed by atoms with Crippen LogP contribution >= 0.6 is 12.4 Å². The highest BCUT2D eigenvalue weighted by molar-refractivity contribution is 5.85. The maximum atomic E-state index is 5.10. The summed E-state index contributed by atoms with van der Waals surface area (Å²) in [7, 11) is 3.49. The third-order valence-corrected chi connectivity index (χ3v) is 2.36. The molecule has 6 heteroatoms. The van der Waals surface area contributed by atoms with Crippen molar-refractivity contribution in [3.63, 3.8) is 0 Å². The molecule has 0 unspecified atom stereocenters. The molecule has 0 radical (unpaired) electrons. The van der Waals surface area contributed by atoms with Gasteiger partial charge in [-0.05, 0) is 24.7 Å². The van der Waals surface area contributed by atoms with E-state index in [0.717, 1.165) is 11.3 Å². The molecular weight excluding hydrogens is 254 g/mol. The summed E-state index contributed by atoms with van der Waals surface area (Å²) in [5, 5.41) is 6.88. The van der Waals surface area contributed by atoms with Gasteiger partial charge in [0.25, 0.3) is 0 Å². The Morgan fingerprint density at radius 3 is 2.61 bits per heavy atom. The van der Waals surface area contributed by atoms with Crippen LogP contribution in [0, 0.1) is 0 Å². The number of nitrogens with one attached hydrogen (secondary N) is 1. The van der Waals surface area contributed by atoms with E-state index < -0.39 is 0 Å². The normalized spacial score (nSPS) is 9.89. The van der Waals surface area contributed by atoms with Crippen LogP contribution in [0.25, 0.3) is 0 Å². The van der Waals surface area contributed by atoms with E-state index in [9.17, 15) is 0 Å². The summed E-state index contributed by atoms with van der Waals surface area (Å²) in [6.45, 7) is 0.593. The quantitative estimate of drug-likeness (QED) is 0.897. The van der Waals surface area contributed by atoms with E-state index in [4.69, 9.17) is 9.26 Å². The first kappa shape index (κ1) is 14.5. The van der Waals surface area contributed by atoms with Gasteiger partial charge in [-0.3, -0.25) is 0 Å². The average molecular weight is 270 g/mol. The molecule has 0 saturated heterocycles. The van der Waals surface area contributed by atoms with Crippen LogP contribution in [0.4, 0.5) is 0 Å². The number of rotatable bonds is 5. The number of ether oxygens (including phenoxy) is 1. The molecule has 5 nitrogen and oxygen atoms in total. The Kier molecular flexibility index (Phi) is 5.61. The Labute approximate surface area is 112 Å². The number of benzene rings is 1. The van der Waals surface area contributed by atoms with Crippen LogP contribution < -0.4 is 10.1 Å². The number of aromatic nitrogens is 2. The topological polar surface area (TPSA) is 60.2 Å². The highest BCUT2D eigenvalue weighted by Gasteiger charge is 2.06. The van der Waals surface area contributed by atoms with Gasteiger partial charge in [0.05, 0.1) is 13.7 Å². The first-order chi connectivity index (χ1) is 8.31. The Balaban J connectivity index is 0.00000162. The largest absolute Gasteiger partial charge is 0.497 e. The van der Waals surface area contributed by atoms with Crippen LogP contribution in [0.15, 0.2) is 28.8 Å². The Morgan fingerprint density at radius 2 is 2.00 bits per heavy atom. The molecule has 0 aliphatic heterocycles. The van der Waals surface area contributed by atoms with Crippen molar-refractivity contribution in [2.45, 2.75) is 13.0 Å². The van der Waals surface area contributed by atoms with E-state index in [-0.39, 0.29) is 12.4 Å². The molecule has 0 saturated carbocycles. The number of hydrogen-bond donors (Lipinski definition) is 1. The van der Waals surface area contributed by atoms with E-state index in [1.54, 1.807) is 7.11 Å². The molecule has 2 rings (SSSR count). The second-order valence-corrected chi connectivity index (χ2v) is 3.66. The molecular formula is C12H16ClN3O2. The molecule has 1 aromatic heterocycles. The van der Waals surface area contributed by atoms with Crippen LogP contribution in [0.2, 0.25) is 0 Å². The van der Waals surface area contributed by atoms with Crippen molar-refractivity contribution in [3.05, 3.63) is 41.5 Å². The van der Waals surface area contributed by atoms with Crippen molar-refractivity contribution in [1.82, 2.24) is 15.5 Å². The van der Waals surface area contributed by atoms with Crippen molar-refractivity contribution in [3.8, 4) is 5.75 Å². The molecule has 2 aromatic rings. The lowest BCUT2D eigenvalue weighted by Crippen LogP contribution is -2.05. The molecule has 1 N–H and O–H groups in total. The van der Waals surface area contributed by atoms with Crippen molar-refractivity contribution < 1.29 is 9.26 Å². The van der Waals surface area contributed by atoms with Crippen molar-refractivity contribution in [2.24, 2.45) is 0 Å². The van der Waals surface area contributed by atoms with Gasteiger partial charge in [0.1, 0.15) is 5.75 Å². The van der Waals surface area contributed by atoms with Gasteiger partial charge in [-0.15, -0.1) is 12.4 Å². The third-order valence-electron chi connectivity index (χ3n) is 2.36. The summed E-state index contributed by atoms with van der Waals surface area (Å²) < 4.78 is 10.2. The zero-order valence-corrected chi connectivity index (χ0v) is 11.2. The predicted molar refractivity (Wildman–Crippen MR) is 70.1 cm³/mol. The molecule has 0 atom stereocenters. The Morgan fingerprint density at radius 1 is 1.28 bits per heavy atom. The maximum absolute atomic E-state index is 5.10. The number of methoxy groups -OCH3 is 1. The SMILES string of the molecule is CNCc1nc(Cc2ccc(OC)cc2)no1.Cl. The minimum atomic E-state index is 0. The van der Waals surface area contributed by atoms with E-state index in [2.05, 4.69) is 15.5 Å². The van der Waals surface area contributed by atoms with Gasteiger partial charge in [-0.25, -0.2) is 0 Å². The molecule has 1 aromatic carbocycles. The summed E-state index contributed by atoms with van der Waals surface area (Å²) >= 11 is 0. The van der Waals surface area contributed by atoms with Gasteiger partial charge >= 0.3 is 0 Å². The Hall–Kier alpha value is -1.59. The Bertz CT molecular complexity index is 470. The highest BCUT2D eigenvalue weighted by Crippen LogP contribution is 2.13. The fourth-order valence-corrected chi connectivity index (χ4v) is 1.51. The first-order valence-electron chi connectivity index (χ1n) is 5.41. The first-order valence-corrected chi connectivity index (χ1v) is 5.41. The molecule has 98 valence electrons. The van der Waals surface area contributed by atoms with Crippen LogP contribution in [-0.4, -0.2) is 24.3 Å². The lowest BCUT2D eigenvalue weighted by molar-refractivity contribution is 0.367. The number of nitrogens with zero attached hydrogens (tertiary/aromatic N) is 2. The molecule has 18 heavy (non-hydrogen) atoms. The minimum Gasteiger partial charge on any atom is -0.497 e. The van der Waals surface area contributed by atoms with E-state index in [1.807, 2.05) is 31.3 Å². The van der Waals surface area contributed by atoms with Gasteiger partial charge in [0.2, 0.25) is 5.89 Å². The molecule has 1 heterocycles. The fourth-order valence-electron chi connectivity index (χ4n) is 1.51. The van der Waals surface area contributed by atoms with Gasteiger partial charge in [0, 0.05) is 6.42 Å². The second-order valence-electron chi connectivity index (χ2n) is 3.66. The van der Waals surface area contributed by atoms with Gasteiger partial charge < -0.3 is 14.6 Å². The average Bonchev–Trinajstić information content (AvgIpc) is 2.78. The van der Waals surface area contributed by atoms with Crippen LogP contribution in [0.3, 0.4) is 0 Å². The smallest absolute Gasteiger partial charge is 0.240 e. The van der Waals surface area contributed by atoms with Crippen LogP contribution in [-0.2, 0) is 13.0 Å². The summed E-state index contributed by atoms with van der Waals surface area (Å²) in [4.78, 5) is 4.27. The summed E-state index contributed by atoms with van der Waals surface area (Å²) in [6.07, 6.45) is 0.664. The summed E-state index contributed by atoms with van der Waals surface area (Å²) in [6, 6.07) is 7.83. The molecule has 0 bridgehead atoms. The molecule has 0 aliphatic carbocycles. The fraction of sp³-hybridized carbons (Fsp3) is 0.333. The van der Waals surface area contributed by atoms with Crippen LogP contribution in [0.1, 0.15) is 17.3 Å². The molecule has 0 amide bonds. The number of hydrogen-bond acceptors (Lipinski definition) is 5. The monoisotopic (exact) mass is 269 g/mol. The third kappa shape index (κ3) is 3.72. The summed E-state index contributed by atoms with van der Waals surface area (Å²) in [5.41, 5.74) is 1.13. The lowest BCUT2D eigenvalue weighted by Gasteiger charge is -2.00. The van der Waals surface area contributed by atoms with Gasteiger partial charge in [0.15, 0.2) is 5.82 Å². The predicted octanol–water partition coefficient (Wildman–Crippen LogP) is 1.81. The molecule has 0 spiro atoms. The molecule has 0 fully saturated rings. The van der Waals surface area contributed by atoms with Crippen LogP contribution in [0.5, 0.6) is 5.75 Å². The van der Waals surface area contributed by atoms with Crippen molar-refractivity contribution in [1.29, 1.82) is 0 Å². The standard InChI is InChI=1S/C12H15N3O2.ClH/c1-13-8-12-14-11(15-17-12)7-9-3-5-10(16-2)6-4-9;/h3-6,13H,7-8H2,1-2H3;1H. The second kappa shape index (κ2) is 6.98. The van der Waals surface area contributed by atoms with Gasteiger partial charge in [-0.1, -0.05) is 17.3 Å². The van der Waals surface area contributed by atoms with Crippen molar-refractivity contribution in [2.75, 3.05) is 14.2 Å². The maximum Gasteiger partial charge on any atom is 0.240 e. The van der Waals surface area contributed by atoms with Crippen molar-refractivity contribution >= 4 is 12.4 Å². The zero-order chi connectivity index (χ0) is 12.1. The molecule has 0 aliphatic rings. The lowest BCUT2D eigenvalue weighted by atomic mass is 10.1. The van der Waals surface area contributed by atoms with E-state index >= 15 is 0 Å². The van der Waals surface area contributed by atoms with Gasteiger partial charge in [-0.2, -0.15) is 4.98 Å². The minimum absolute atomic E-state index is 0. The zero-order valence-electron chi connectivity index (χ0n) is 10.3. The highest BCUT2D eigenvalue weighted by atomic mass is 35.5.